The first-order chi connectivity index (χ1) is 14.8. The van der Waals surface area contributed by atoms with E-state index in [9.17, 15) is 32.9 Å². The van der Waals surface area contributed by atoms with E-state index in [4.69, 9.17) is 45.8 Å². The van der Waals surface area contributed by atoms with Gasteiger partial charge in [-0.2, -0.15) is 9.45 Å². The van der Waals surface area contributed by atoms with Crippen molar-refractivity contribution in [1.29, 1.82) is 0 Å². The molecule has 0 radical (unpaired) electrons. The molecule has 2 spiro atoms. The smallest absolute Gasteiger partial charge is 0.382 e. The maximum absolute atomic E-state index is 14.5. The Morgan fingerprint density at radius 1 is 0.969 bits per heavy atom. The molecule has 0 aliphatic carbocycles. The lowest BCUT2D eigenvalue weighted by Gasteiger charge is -2.44. The van der Waals surface area contributed by atoms with Gasteiger partial charge in [-0.3, -0.25) is 9.53 Å². The van der Waals surface area contributed by atoms with Crippen LogP contribution >= 0.6 is 23.5 Å². The second kappa shape index (κ2) is 4.56. The molecule has 7 bridgehead atoms. The van der Waals surface area contributed by atoms with Crippen molar-refractivity contribution in [3.05, 3.63) is 20.8 Å². The van der Waals surface area contributed by atoms with E-state index in [0.29, 0.717) is 0 Å². The number of halogens is 1. The highest BCUT2D eigenvalue weighted by atomic mass is 31.2. The second-order valence-electron chi connectivity index (χ2n) is 7.04. The van der Waals surface area contributed by atoms with Crippen molar-refractivity contribution in [1.82, 2.24) is 9.36 Å². The zero-order valence-electron chi connectivity index (χ0n) is 14.2. The molecule has 172 valence electrons. The third-order valence-corrected chi connectivity index (χ3v) is 9.35. The molecule has 8 aliphatic rings. The quantitative estimate of drug-likeness (QED) is 0.319. The third-order valence-electron chi connectivity index (χ3n) is 5.41. The van der Waals surface area contributed by atoms with Crippen LogP contribution in [0.4, 0.5) is 4.48 Å². The van der Waals surface area contributed by atoms with Crippen LogP contribution in [0.15, 0.2) is 9.59 Å². The largest absolute Gasteiger partial charge is 0.617 e. The van der Waals surface area contributed by atoms with Crippen LogP contribution in [0.2, 0.25) is 0 Å². The summed E-state index contributed by atoms with van der Waals surface area (Å²) < 4.78 is 103. The molecule has 0 aromatic carbocycles. The second-order valence-corrected chi connectivity index (χ2v) is 11.4. The van der Waals surface area contributed by atoms with Gasteiger partial charge in [0.15, 0.2) is 0 Å². The van der Waals surface area contributed by atoms with Crippen molar-refractivity contribution in [2.45, 2.75) is 29.6 Å². The minimum atomic E-state index is -4.98. The molecule has 32 heavy (non-hydrogen) atoms. The van der Waals surface area contributed by atoms with Crippen LogP contribution in [0, 0.1) is 0 Å². The first kappa shape index (κ1) is 18.9. The van der Waals surface area contributed by atoms with Gasteiger partial charge in [-0.1, -0.05) is 9.27 Å². The highest BCUT2D eigenvalue weighted by Gasteiger charge is 3.06. The zero-order valence-corrected chi connectivity index (χ0v) is 16.9. The molecule has 19 nitrogen and oxygen atoms in total. The highest BCUT2D eigenvalue weighted by Crippen LogP contribution is 2.91. The lowest BCUT2D eigenvalue weighted by atomic mass is 9.97. The number of phosphoric acid groups is 3. The van der Waals surface area contributed by atoms with Crippen molar-refractivity contribution in [3.63, 3.8) is 0 Å². The van der Waals surface area contributed by atoms with E-state index in [2.05, 4.69) is 4.67 Å². The average molecular weight is 522 g/mol. The Morgan fingerprint density at radius 2 is 1.72 bits per heavy atom. The van der Waals surface area contributed by atoms with Crippen molar-refractivity contribution in [3.8, 4) is 11.6 Å². The summed E-state index contributed by atoms with van der Waals surface area (Å²) in [5.74, 6) is -15.0. The Bertz CT molecular complexity index is 1470. The first-order valence-electron chi connectivity index (χ1n) is 8.12. The molecule has 1 N–H and O–H groups in total. The van der Waals surface area contributed by atoms with Crippen LogP contribution in [0.1, 0.15) is 0 Å². The first-order valence-corrected chi connectivity index (χ1v) is 12.5. The lowest BCUT2D eigenvalue weighted by molar-refractivity contribution is -0.437. The summed E-state index contributed by atoms with van der Waals surface area (Å²) in [6.45, 7) is 0. The molecule has 9 rings (SSSR count). The number of hydrogen-bond donors (Lipinski definition) is 1. The molecule has 1 aromatic heterocycles. The maximum Gasteiger partial charge on any atom is 0.617 e. The molecule has 6 saturated heterocycles. The van der Waals surface area contributed by atoms with Gasteiger partial charge >= 0.3 is 52.2 Å². The number of phosphoric ester groups is 3. The average Bonchev–Trinajstić information content (AvgIpc) is 3.32. The normalized spacial score (nSPS) is 57.0. The fraction of sp³-hybridized carbons (Fsp3) is 0.556. The molecule has 1 aromatic rings. The zero-order chi connectivity index (χ0) is 22.3. The number of fused-ring (bicyclic) bond motifs is 2. The van der Waals surface area contributed by atoms with Crippen LogP contribution < -0.4 is 20.3 Å². The Morgan fingerprint density at radius 3 is 2.47 bits per heavy atom. The van der Waals surface area contributed by atoms with E-state index in [1.165, 1.54) is 0 Å². The number of hydrogen-bond acceptors (Lipinski definition) is 17. The molecular formula is C9H2FN2O17P3. The van der Waals surface area contributed by atoms with Gasteiger partial charge in [0, 0.05) is 0 Å². The van der Waals surface area contributed by atoms with Crippen molar-refractivity contribution in [2.24, 2.45) is 0 Å². The summed E-state index contributed by atoms with van der Waals surface area (Å²) in [6, 6.07) is 0. The third kappa shape index (κ3) is 1.53. The molecule has 0 saturated carbocycles. The molecule has 6 atom stereocenters. The van der Waals surface area contributed by atoms with E-state index in [-0.39, 0.29) is 4.57 Å². The van der Waals surface area contributed by atoms with Gasteiger partial charge in [-0.05, 0) is 0 Å². The van der Waals surface area contributed by atoms with Crippen molar-refractivity contribution in [2.75, 3.05) is 0 Å². The minimum Gasteiger partial charge on any atom is -0.382 e. The number of ether oxygens (including phenoxy) is 1. The Labute approximate surface area is 169 Å². The predicted octanol–water partition coefficient (Wildman–Crippen LogP) is -0.998. The van der Waals surface area contributed by atoms with Crippen LogP contribution in [-0.4, -0.2) is 38.1 Å². The lowest BCUT2D eigenvalue weighted by Crippen LogP contribution is -2.69. The molecule has 0 amide bonds. The summed E-state index contributed by atoms with van der Waals surface area (Å²) in [5.41, 5.74) is -3.80. The summed E-state index contributed by atoms with van der Waals surface area (Å²) in [6.07, 6.45) is -2.35. The molecule has 3 unspecified atom stereocenters. The van der Waals surface area contributed by atoms with Crippen LogP contribution in [0.3, 0.4) is 0 Å². The molecule has 9 heterocycles. The highest BCUT2D eigenvalue weighted by molar-refractivity contribution is 7.50. The fourth-order valence-electron chi connectivity index (χ4n) is 4.28. The molecule has 23 heteroatoms. The van der Waals surface area contributed by atoms with Gasteiger partial charge in [0.05, 0.1) is 0 Å². The van der Waals surface area contributed by atoms with Gasteiger partial charge in [-0.25, -0.2) is 45.6 Å². The van der Waals surface area contributed by atoms with Crippen LogP contribution in [0.25, 0.3) is 0 Å². The monoisotopic (exact) mass is 522 g/mol. The number of aliphatic hydroxyl groups is 1. The Balaban J connectivity index is 1.58. The van der Waals surface area contributed by atoms with E-state index in [1.54, 1.807) is 0 Å². The van der Waals surface area contributed by atoms with E-state index in [0.717, 1.165) is 0 Å². The summed E-state index contributed by atoms with van der Waals surface area (Å²) in [7, 11) is -14.5. The summed E-state index contributed by atoms with van der Waals surface area (Å²) in [4.78, 5) is 28.7. The standard InChI is InChI=1S/C9H2FN2O17P3/c10-12-2(13)1-3-11(5(12)14)9-8-7(15,25-32(18,26-8)27-8)6(23-9)4(22-31(17,24-6)28-9)19-29-30(16,20-1)21-3/h4,15H/t4?,6-,7+,8?,9-,30?,31?,32?/m1/s1. The SMILES string of the molecule is O=c1c2c3n(c(=O)n1F)[C@]14O[C@]5(OP(=O)(OC5OOP(=O)(O2)O3)O1)[C@]1(O)OP2(=O)OC41O2. The number of aromatic nitrogens is 2. The number of rotatable bonds is 0. The molecule has 6 fully saturated rings. The predicted molar refractivity (Wildman–Crippen MR) is 77.5 cm³/mol. The van der Waals surface area contributed by atoms with E-state index < -0.39 is 80.7 Å². The molecular weight excluding hydrogens is 520 g/mol. The topological polar surface area (TPSA) is 217 Å². The molecule has 8 aliphatic heterocycles. The van der Waals surface area contributed by atoms with Crippen LogP contribution in [0.5, 0.6) is 11.6 Å². The van der Waals surface area contributed by atoms with Crippen molar-refractivity contribution < 1.29 is 73.8 Å². The Hall–Kier alpha value is -1.50. The summed E-state index contributed by atoms with van der Waals surface area (Å²) >= 11 is 0. The van der Waals surface area contributed by atoms with E-state index >= 15 is 0 Å². The van der Waals surface area contributed by atoms with Crippen LogP contribution in [-0.2, 0) is 61.0 Å². The van der Waals surface area contributed by atoms with Gasteiger partial charge in [0.25, 0.3) is 23.7 Å². The minimum absolute atomic E-state index is 0.0795. The van der Waals surface area contributed by atoms with E-state index in [1.807, 2.05) is 0 Å². The van der Waals surface area contributed by atoms with Gasteiger partial charge in [-0.15, -0.1) is 4.67 Å². The maximum atomic E-state index is 14.5. The van der Waals surface area contributed by atoms with Gasteiger partial charge < -0.3 is 14.2 Å². The number of nitrogens with zero attached hydrogens (tertiary/aromatic N) is 2. The fourth-order valence-corrected chi connectivity index (χ4v) is 8.74. The van der Waals surface area contributed by atoms with Crippen molar-refractivity contribution >= 4 is 23.5 Å². The van der Waals surface area contributed by atoms with Gasteiger partial charge in [0.2, 0.25) is 0 Å². The summed E-state index contributed by atoms with van der Waals surface area (Å²) in [5, 5.41) is 11.3. The van der Waals surface area contributed by atoms with Gasteiger partial charge in [0.1, 0.15) is 0 Å². The Kier molecular flexibility index (Phi) is 2.69.